The molecule has 0 saturated heterocycles. The van der Waals surface area contributed by atoms with Gasteiger partial charge in [0.15, 0.2) is 4.99 Å². The average Bonchev–Trinajstić information content (AvgIpc) is 2.49. The summed E-state index contributed by atoms with van der Waals surface area (Å²) in [6, 6.07) is 15.6. The highest BCUT2D eigenvalue weighted by molar-refractivity contribution is 7.82. The number of amides is 1. The second-order valence-corrected chi connectivity index (χ2v) is 5.33. The van der Waals surface area contributed by atoms with E-state index >= 15 is 0 Å². The Kier molecular flexibility index (Phi) is 5.06. The summed E-state index contributed by atoms with van der Waals surface area (Å²) in [6.07, 6.45) is 0. The Morgan fingerprint density at radius 1 is 1.05 bits per heavy atom. The highest BCUT2D eigenvalue weighted by atomic mass is 32.1. The minimum Gasteiger partial charge on any atom is -0.368 e. The third kappa shape index (κ3) is 4.39. The van der Waals surface area contributed by atoms with E-state index in [0.29, 0.717) is 6.54 Å². The zero-order valence-corrected chi connectivity index (χ0v) is 13.0. The predicted octanol–water partition coefficient (Wildman–Crippen LogP) is 3.36. The zero-order chi connectivity index (χ0) is 15.2. The van der Waals surface area contributed by atoms with Gasteiger partial charge in [-0.25, -0.2) is 0 Å². The maximum absolute atomic E-state index is 12.0. The molecule has 2 aromatic rings. The summed E-state index contributed by atoms with van der Waals surface area (Å²) >= 11 is 5.11. The van der Waals surface area contributed by atoms with Crippen LogP contribution in [-0.4, -0.2) is 10.9 Å². The highest BCUT2D eigenvalue weighted by Gasteiger charge is 2.09. The molecule has 0 aliphatic carbocycles. The Hall–Kier alpha value is -2.20. The number of hydrogen-bond acceptors (Lipinski definition) is 2. The molecule has 0 unspecified atom stereocenters. The maximum Gasteiger partial charge on any atom is 0.283 e. The first-order valence-electron chi connectivity index (χ1n) is 6.76. The van der Waals surface area contributed by atoms with E-state index < -0.39 is 0 Å². The van der Waals surface area contributed by atoms with Gasteiger partial charge < -0.3 is 10.6 Å². The molecule has 2 aromatic carbocycles. The largest absolute Gasteiger partial charge is 0.368 e. The molecule has 0 heterocycles. The number of thiocarbonyl (C=S) groups is 1. The lowest BCUT2D eigenvalue weighted by Gasteiger charge is -2.10. The van der Waals surface area contributed by atoms with E-state index in [1.807, 2.05) is 62.4 Å². The monoisotopic (exact) mass is 298 g/mol. The molecule has 0 aliphatic rings. The van der Waals surface area contributed by atoms with E-state index in [4.69, 9.17) is 12.2 Å². The summed E-state index contributed by atoms with van der Waals surface area (Å²) in [6.45, 7) is 4.59. The normalized spacial score (nSPS) is 10.0. The summed E-state index contributed by atoms with van der Waals surface area (Å²) in [4.78, 5) is 12.2. The van der Waals surface area contributed by atoms with Crippen molar-refractivity contribution < 1.29 is 4.79 Å². The average molecular weight is 298 g/mol. The lowest BCUT2D eigenvalue weighted by atomic mass is 10.1. The quantitative estimate of drug-likeness (QED) is 0.854. The van der Waals surface area contributed by atoms with Gasteiger partial charge in [0.05, 0.1) is 0 Å². The van der Waals surface area contributed by atoms with Crippen molar-refractivity contribution in [3.8, 4) is 0 Å². The van der Waals surface area contributed by atoms with Gasteiger partial charge in [-0.3, -0.25) is 4.79 Å². The van der Waals surface area contributed by atoms with Crippen LogP contribution in [0.15, 0.2) is 48.5 Å². The van der Waals surface area contributed by atoms with Gasteiger partial charge in [-0.2, -0.15) is 0 Å². The van der Waals surface area contributed by atoms with Crippen LogP contribution in [0.2, 0.25) is 0 Å². The fraction of sp³-hybridized carbons (Fsp3) is 0.176. The maximum atomic E-state index is 12.0. The number of nitrogens with one attached hydrogen (secondary N) is 2. The van der Waals surface area contributed by atoms with Crippen LogP contribution in [0.4, 0.5) is 5.69 Å². The summed E-state index contributed by atoms with van der Waals surface area (Å²) < 4.78 is 0. The van der Waals surface area contributed by atoms with Crippen LogP contribution in [0.1, 0.15) is 16.7 Å². The van der Waals surface area contributed by atoms with Crippen molar-refractivity contribution in [2.24, 2.45) is 0 Å². The fourth-order valence-electron chi connectivity index (χ4n) is 1.87. The van der Waals surface area contributed by atoms with Gasteiger partial charge in [-0.05, 0) is 42.7 Å². The molecule has 0 saturated carbocycles. The molecule has 1 amide bonds. The van der Waals surface area contributed by atoms with Crippen molar-refractivity contribution in [1.82, 2.24) is 5.32 Å². The first kappa shape index (κ1) is 15.2. The summed E-state index contributed by atoms with van der Waals surface area (Å²) in [5.74, 6) is -0.288. The molecule has 0 fully saturated rings. The molecule has 21 heavy (non-hydrogen) atoms. The van der Waals surface area contributed by atoms with Crippen molar-refractivity contribution in [2.75, 3.05) is 5.32 Å². The van der Waals surface area contributed by atoms with E-state index in [0.717, 1.165) is 16.8 Å². The molecule has 0 radical (unpaired) electrons. The molecule has 0 aromatic heterocycles. The Morgan fingerprint density at radius 2 is 1.76 bits per heavy atom. The molecule has 0 spiro atoms. The molecule has 0 bridgehead atoms. The minimum atomic E-state index is -0.288. The number of hydrogen-bond donors (Lipinski definition) is 2. The number of carbonyl (C=O) groups is 1. The van der Waals surface area contributed by atoms with Gasteiger partial charge in [0.25, 0.3) is 5.91 Å². The standard InChI is InChI=1S/C17H18N2OS/c1-12-8-9-15(10-13(12)2)19-16(20)17(21)18-11-14-6-4-3-5-7-14/h3-10H,11H2,1-2H3,(H,18,21)(H,19,20). The van der Waals surface area contributed by atoms with Gasteiger partial charge in [-0.1, -0.05) is 48.6 Å². The van der Waals surface area contributed by atoms with Crippen molar-refractivity contribution >= 4 is 28.8 Å². The van der Waals surface area contributed by atoms with Crippen molar-refractivity contribution in [2.45, 2.75) is 20.4 Å². The first-order chi connectivity index (χ1) is 10.1. The Labute approximate surface area is 130 Å². The molecule has 108 valence electrons. The molecular weight excluding hydrogens is 280 g/mol. The van der Waals surface area contributed by atoms with Crippen LogP contribution in [0.3, 0.4) is 0 Å². The second-order valence-electron chi connectivity index (χ2n) is 4.92. The topological polar surface area (TPSA) is 41.1 Å². The van der Waals surface area contributed by atoms with Gasteiger partial charge in [0.2, 0.25) is 0 Å². The summed E-state index contributed by atoms with van der Waals surface area (Å²) in [7, 11) is 0. The molecule has 3 nitrogen and oxygen atoms in total. The van der Waals surface area contributed by atoms with Crippen molar-refractivity contribution in [1.29, 1.82) is 0 Å². The fourth-order valence-corrected chi connectivity index (χ4v) is 1.99. The smallest absolute Gasteiger partial charge is 0.283 e. The number of anilines is 1. The molecular formula is C17H18N2OS. The highest BCUT2D eigenvalue weighted by Crippen LogP contribution is 2.14. The van der Waals surface area contributed by atoms with Crippen LogP contribution < -0.4 is 10.6 Å². The van der Waals surface area contributed by atoms with Gasteiger partial charge in [-0.15, -0.1) is 0 Å². The SMILES string of the molecule is Cc1ccc(NC(=O)C(=S)NCc2ccccc2)cc1C. The third-order valence-electron chi connectivity index (χ3n) is 3.27. The Bertz CT molecular complexity index is 653. The number of benzene rings is 2. The molecule has 0 atom stereocenters. The van der Waals surface area contributed by atoms with Crippen LogP contribution in [0.25, 0.3) is 0 Å². The van der Waals surface area contributed by atoms with Crippen molar-refractivity contribution in [3.63, 3.8) is 0 Å². The zero-order valence-electron chi connectivity index (χ0n) is 12.1. The van der Waals surface area contributed by atoms with Crippen LogP contribution in [-0.2, 0) is 11.3 Å². The lowest BCUT2D eigenvalue weighted by molar-refractivity contribution is -0.110. The van der Waals surface area contributed by atoms with Crippen molar-refractivity contribution in [3.05, 3.63) is 65.2 Å². The molecule has 4 heteroatoms. The van der Waals surface area contributed by atoms with Crippen LogP contribution >= 0.6 is 12.2 Å². The summed E-state index contributed by atoms with van der Waals surface area (Å²) in [5, 5.41) is 5.77. The lowest BCUT2D eigenvalue weighted by Crippen LogP contribution is -2.33. The first-order valence-corrected chi connectivity index (χ1v) is 7.17. The predicted molar refractivity (Wildman–Crippen MR) is 90.4 cm³/mol. The Balaban J connectivity index is 1.90. The Morgan fingerprint density at radius 3 is 2.43 bits per heavy atom. The van der Waals surface area contributed by atoms with Gasteiger partial charge in [0.1, 0.15) is 0 Å². The van der Waals surface area contributed by atoms with E-state index in [-0.39, 0.29) is 10.9 Å². The van der Waals surface area contributed by atoms with Crippen LogP contribution in [0, 0.1) is 13.8 Å². The van der Waals surface area contributed by atoms with E-state index in [2.05, 4.69) is 10.6 Å². The number of carbonyl (C=O) groups excluding carboxylic acids is 1. The van der Waals surface area contributed by atoms with Gasteiger partial charge >= 0.3 is 0 Å². The van der Waals surface area contributed by atoms with Gasteiger partial charge in [0, 0.05) is 12.2 Å². The minimum absolute atomic E-state index is 0.192. The molecule has 2 rings (SSSR count). The third-order valence-corrected chi connectivity index (χ3v) is 3.60. The number of aryl methyl sites for hydroxylation is 2. The molecule has 0 aliphatic heterocycles. The molecule has 2 N–H and O–H groups in total. The second kappa shape index (κ2) is 6.99. The van der Waals surface area contributed by atoms with E-state index in [1.165, 1.54) is 5.56 Å². The van der Waals surface area contributed by atoms with E-state index in [9.17, 15) is 4.79 Å². The van der Waals surface area contributed by atoms with E-state index in [1.54, 1.807) is 0 Å². The number of rotatable bonds is 3. The van der Waals surface area contributed by atoms with Crippen LogP contribution in [0.5, 0.6) is 0 Å². The summed E-state index contributed by atoms with van der Waals surface area (Å²) in [5.41, 5.74) is 4.17.